The van der Waals surface area contributed by atoms with Gasteiger partial charge in [0.1, 0.15) is 5.65 Å². The van der Waals surface area contributed by atoms with Crippen LogP contribution in [-0.2, 0) is 11.8 Å². The fourth-order valence-corrected chi connectivity index (χ4v) is 5.76. The molecule has 3 atom stereocenters. The van der Waals surface area contributed by atoms with Gasteiger partial charge in [-0.25, -0.2) is 4.98 Å². The molecule has 3 aromatic rings. The van der Waals surface area contributed by atoms with Gasteiger partial charge >= 0.3 is 0 Å². The van der Waals surface area contributed by atoms with Gasteiger partial charge < -0.3 is 14.8 Å². The summed E-state index contributed by atoms with van der Waals surface area (Å²) in [5, 5.41) is 13.2. The van der Waals surface area contributed by atoms with E-state index in [1.807, 2.05) is 14.0 Å². The molecule has 1 saturated heterocycles. The van der Waals surface area contributed by atoms with Crippen molar-refractivity contribution in [1.29, 1.82) is 5.26 Å². The summed E-state index contributed by atoms with van der Waals surface area (Å²) >= 11 is 0. The van der Waals surface area contributed by atoms with Gasteiger partial charge in [0.25, 0.3) is 5.91 Å². The topological polar surface area (TPSA) is 91.0 Å². The highest BCUT2D eigenvalue weighted by Crippen LogP contribution is 2.41. The van der Waals surface area contributed by atoms with E-state index in [1.54, 1.807) is 30.5 Å². The van der Waals surface area contributed by atoms with Crippen LogP contribution in [0.25, 0.3) is 11.0 Å². The number of nitrogens with zero attached hydrogens (tertiary/aromatic N) is 4. The Morgan fingerprint density at radius 3 is 2.72 bits per heavy atom. The maximum Gasteiger partial charge on any atom is 0.255 e. The lowest BCUT2D eigenvalue weighted by atomic mass is 9.80. The number of aromatic nitrogens is 2. The molecule has 1 saturated carbocycles. The molecular formula is C29H33N5O2. The van der Waals surface area contributed by atoms with Gasteiger partial charge in [-0.2, -0.15) is 5.26 Å². The fraction of sp³-hybridized carbons (Fsp3) is 0.448. The SMILES string of the molecule is Cc1c(NC(=O)c2cccc(C#N)c2)cnc2c1c([C@@H]1CCN(C(=O)C(C)C3CC3)C[C@@H]1C)cn2C. The smallest absolute Gasteiger partial charge is 0.255 e. The number of benzene rings is 1. The van der Waals surface area contributed by atoms with Crippen LogP contribution >= 0.6 is 0 Å². The third kappa shape index (κ3) is 4.37. The molecule has 3 heterocycles. The Bertz CT molecular complexity index is 1380. The summed E-state index contributed by atoms with van der Waals surface area (Å²) in [4.78, 5) is 32.7. The quantitative estimate of drug-likeness (QED) is 0.553. The highest BCUT2D eigenvalue weighted by Gasteiger charge is 2.38. The molecule has 1 aliphatic heterocycles. The molecule has 1 N–H and O–H groups in total. The Kier molecular flexibility index (Phi) is 6.29. The van der Waals surface area contributed by atoms with E-state index >= 15 is 0 Å². The van der Waals surface area contributed by atoms with Gasteiger partial charge in [0.2, 0.25) is 5.91 Å². The minimum Gasteiger partial charge on any atom is -0.342 e. The summed E-state index contributed by atoms with van der Waals surface area (Å²) in [7, 11) is 2.00. The first kappa shape index (κ1) is 24.1. The Labute approximate surface area is 212 Å². The zero-order valence-electron chi connectivity index (χ0n) is 21.4. The average molecular weight is 484 g/mol. The molecule has 2 fully saturated rings. The van der Waals surface area contributed by atoms with E-state index in [-0.39, 0.29) is 11.8 Å². The molecule has 0 radical (unpaired) electrons. The van der Waals surface area contributed by atoms with Crippen LogP contribution in [0.2, 0.25) is 0 Å². The van der Waals surface area contributed by atoms with E-state index in [4.69, 9.17) is 5.26 Å². The second-order valence-corrected chi connectivity index (χ2v) is 10.6. The number of anilines is 1. The highest BCUT2D eigenvalue weighted by molar-refractivity contribution is 6.06. The monoisotopic (exact) mass is 483 g/mol. The van der Waals surface area contributed by atoms with E-state index in [0.717, 1.165) is 36.1 Å². The molecule has 2 aliphatic rings. The first-order valence-corrected chi connectivity index (χ1v) is 12.8. The Balaban J connectivity index is 1.40. The van der Waals surface area contributed by atoms with Crippen LogP contribution in [0, 0.1) is 36.0 Å². The second kappa shape index (κ2) is 9.42. The second-order valence-electron chi connectivity index (χ2n) is 10.6. The molecule has 5 rings (SSSR count). The van der Waals surface area contributed by atoms with Crippen molar-refractivity contribution in [3.63, 3.8) is 0 Å². The molecule has 186 valence electrons. The number of carbonyl (C=O) groups excluding carboxylic acids is 2. The van der Waals surface area contributed by atoms with Crippen LogP contribution < -0.4 is 5.32 Å². The molecule has 7 heteroatoms. The summed E-state index contributed by atoms with van der Waals surface area (Å²) in [6, 6.07) is 8.76. The van der Waals surface area contributed by atoms with Crippen LogP contribution in [-0.4, -0.2) is 39.4 Å². The lowest BCUT2D eigenvalue weighted by Crippen LogP contribution is -2.44. The third-order valence-electron chi connectivity index (χ3n) is 8.11. The Hall–Kier alpha value is -3.66. The number of pyridine rings is 1. The van der Waals surface area contributed by atoms with Crippen molar-refractivity contribution in [2.45, 2.75) is 46.0 Å². The van der Waals surface area contributed by atoms with Crippen molar-refractivity contribution in [3.8, 4) is 6.07 Å². The van der Waals surface area contributed by atoms with Crippen molar-refractivity contribution >= 4 is 28.5 Å². The van der Waals surface area contributed by atoms with Crippen LogP contribution in [0.15, 0.2) is 36.7 Å². The van der Waals surface area contributed by atoms with Crippen molar-refractivity contribution in [2.75, 3.05) is 18.4 Å². The number of likely N-dealkylation sites (tertiary alicyclic amines) is 1. The number of rotatable bonds is 5. The van der Waals surface area contributed by atoms with E-state index < -0.39 is 0 Å². The van der Waals surface area contributed by atoms with E-state index in [1.165, 1.54) is 18.4 Å². The number of nitriles is 1. The summed E-state index contributed by atoms with van der Waals surface area (Å²) in [6.45, 7) is 7.90. The van der Waals surface area contributed by atoms with Gasteiger partial charge in [0.05, 0.1) is 23.5 Å². The largest absolute Gasteiger partial charge is 0.342 e. The molecule has 2 aromatic heterocycles. The number of amides is 2. The van der Waals surface area contributed by atoms with Gasteiger partial charge in [0.15, 0.2) is 0 Å². The lowest BCUT2D eigenvalue weighted by Gasteiger charge is -2.38. The maximum absolute atomic E-state index is 13.0. The molecule has 2 amide bonds. The van der Waals surface area contributed by atoms with Crippen molar-refractivity contribution in [2.24, 2.45) is 24.8 Å². The minimum atomic E-state index is -0.265. The van der Waals surface area contributed by atoms with Gasteiger partial charge in [-0.1, -0.05) is 19.9 Å². The molecule has 0 spiro atoms. The number of nitrogens with one attached hydrogen (secondary N) is 1. The first-order valence-electron chi connectivity index (χ1n) is 12.8. The summed E-state index contributed by atoms with van der Waals surface area (Å²) in [5.74, 6) is 1.40. The molecule has 7 nitrogen and oxygen atoms in total. The fourth-order valence-electron chi connectivity index (χ4n) is 5.76. The summed E-state index contributed by atoms with van der Waals surface area (Å²) in [5.41, 5.74) is 4.65. The zero-order chi connectivity index (χ0) is 25.6. The van der Waals surface area contributed by atoms with E-state index in [0.29, 0.717) is 40.5 Å². The Morgan fingerprint density at radius 1 is 1.25 bits per heavy atom. The summed E-state index contributed by atoms with van der Waals surface area (Å²) < 4.78 is 2.05. The van der Waals surface area contributed by atoms with Crippen LogP contribution in [0.4, 0.5) is 5.69 Å². The minimum absolute atomic E-state index is 0.137. The van der Waals surface area contributed by atoms with E-state index in [2.05, 4.69) is 45.9 Å². The van der Waals surface area contributed by atoms with Crippen molar-refractivity contribution < 1.29 is 9.59 Å². The highest BCUT2D eigenvalue weighted by atomic mass is 16.2. The molecule has 36 heavy (non-hydrogen) atoms. The number of piperidine rings is 1. The maximum atomic E-state index is 13.0. The van der Waals surface area contributed by atoms with Gasteiger partial charge in [-0.05, 0) is 73.3 Å². The predicted molar refractivity (Wildman–Crippen MR) is 140 cm³/mol. The van der Waals surface area contributed by atoms with E-state index in [9.17, 15) is 9.59 Å². The van der Waals surface area contributed by atoms with Crippen LogP contribution in [0.5, 0.6) is 0 Å². The number of hydrogen-bond acceptors (Lipinski definition) is 4. The van der Waals surface area contributed by atoms with Crippen molar-refractivity contribution in [3.05, 3.63) is 58.9 Å². The third-order valence-corrected chi connectivity index (χ3v) is 8.11. The lowest BCUT2D eigenvalue weighted by molar-refractivity contribution is -0.137. The van der Waals surface area contributed by atoms with Crippen molar-refractivity contribution in [1.82, 2.24) is 14.5 Å². The first-order chi connectivity index (χ1) is 17.3. The van der Waals surface area contributed by atoms with Gasteiger partial charge in [0, 0.05) is 43.2 Å². The molecule has 1 unspecified atom stereocenters. The molecule has 1 aliphatic carbocycles. The number of aryl methyl sites for hydroxylation is 2. The zero-order valence-corrected chi connectivity index (χ0v) is 21.4. The molecule has 1 aromatic carbocycles. The molecule has 0 bridgehead atoms. The Morgan fingerprint density at radius 2 is 2.03 bits per heavy atom. The van der Waals surface area contributed by atoms with Gasteiger partial charge in [-0.15, -0.1) is 0 Å². The molecular weight excluding hydrogens is 450 g/mol. The summed E-state index contributed by atoms with van der Waals surface area (Å²) in [6.07, 6.45) is 7.16. The van der Waals surface area contributed by atoms with Crippen LogP contribution in [0.1, 0.15) is 66.1 Å². The van der Waals surface area contributed by atoms with Crippen LogP contribution in [0.3, 0.4) is 0 Å². The number of fused-ring (bicyclic) bond motifs is 1. The standard InChI is InChI=1S/C29H33N5O2/c1-17-15-34(29(36)18(2)21-8-9-21)11-10-23(17)24-16-33(4)27-26(24)19(3)25(14-31-27)32-28(35)22-7-5-6-20(12-22)13-30/h5-7,12,14,16-18,21,23H,8-11,15H2,1-4H3,(H,32,35)/t17-,18?,23+/m0/s1. The average Bonchev–Trinajstić information content (AvgIpc) is 3.68. The van der Waals surface area contributed by atoms with Gasteiger partial charge in [-0.3, -0.25) is 9.59 Å². The number of hydrogen-bond donors (Lipinski definition) is 1. The normalized spacial score (nSPS) is 20.7. The number of carbonyl (C=O) groups is 2. The predicted octanol–water partition coefficient (Wildman–Crippen LogP) is 5.00.